The first kappa shape index (κ1) is 8.18. The van der Waals surface area contributed by atoms with Crippen molar-refractivity contribution in [3.63, 3.8) is 0 Å². The fraction of sp³-hybridized carbons (Fsp3) is 0.0909. The maximum absolute atomic E-state index is 4.27. The molecule has 0 radical (unpaired) electrons. The van der Waals surface area contributed by atoms with E-state index in [-0.39, 0.29) is 0 Å². The molecule has 2 aromatic rings. The molecular weight excluding hydrogens is 157 g/mol. The van der Waals surface area contributed by atoms with Crippen LogP contribution in [0.4, 0.5) is 0 Å². The number of aromatic nitrogens is 1. The molecule has 2 aromatic heterocycles. The van der Waals surface area contributed by atoms with Crippen molar-refractivity contribution in [3.05, 3.63) is 59.7 Å². The van der Waals surface area contributed by atoms with Crippen LogP contribution in [-0.2, 0) is 6.42 Å². The van der Waals surface area contributed by atoms with Gasteiger partial charge in [0.1, 0.15) is 0 Å². The molecule has 0 aliphatic heterocycles. The Balaban J connectivity index is 2.16. The Hall–Kier alpha value is -1.44. The molecule has 0 N–H and O–H groups in total. The van der Waals surface area contributed by atoms with Crippen LogP contribution in [0.3, 0.4) is 0 Å². The average molecular weight is 167 g/mol. The SMILES string of the molecule is b1ccccc1Cc1ccccn1. The van der Waals surface area contributed by atoms with Gasteiger partial charge in [0.15, 0.2) is 0 Å². The van der Waals surface area contributed by atoms with E-state index in [0.29, 0.717) is 0 Å². The van der Waals surface area contributed by atoms with E-state index >= 15 is 0 Å². The normalized spacial score (nSPS) is 9.54. The first-order valence-corrected chi connectivity index (χ1v) is 4.39. The molecule has 0 bridgehead atoms. The van der Waals surface area contributed by atoms with Crippen LogP contribution in [0.2, 0.25) is 0 Å². The van der Waals surface area contributed by atoms with Gasteiger partial charge in [-0.2, -0.15) is 0 Å². The summed E-state index contributed by atoms with van der Waals surface area (Å²) in [5.74, 6) is 2.05. The molecule has 0 spiro atoms. The minimum atomic E-state index is 0.918. The van der Waals surface area contributed by atoms with Crippen molar-refractivity contribution in [3.8, 4) is 0 Å². The van der Waals surface area contributed by atoms with Crippen LogP contribution in [0.5, 0.6) is 0 Å². The summed E-state index contributed by atoms with van der Waals surface area (Å²) >= 11 is 0. The summed E-state index contributed by atoms with van der Waals surface area (Å²) in [6, 6.07) is 12.2. The maximum atomic E-state index is 4.27. The van der Waals surface area contributed by atoms with Crippen molar-refractivity contribution in [1.82, 2.24) is 4.98 Å². The quantitative estimate of drug-likeness (QED) is 0.666. The number of nitrogens with zero attached hydrogens (tertiary/aromatic N) is 1. The second-order valence-electron chi connectivity index (χ2n) is 2.98. The van der Waals surface area contributed by atoms with Gasteiger partial charge in [0.05, 0.1) is 0 Å². The molecule has 62 valence electrons. The van der Waals surface area contributed by atoms with Crippen molar-refractivity contribution in [2.24, 2.45) is 0 Å². The summed E-state index contributed by atoms with van der Waals surface area (Å²) in [6.07, 6.45) is 2.75. The van der Waals surface area contributed by atoms with E-state index < -0.39 is 0 Å². The van der Waals surface area contributed by atoms with Crippen LogP contribution in [-0.4, -0.2) is 11.9 Å². The third-order valence-corrected chi connectivity index (χ3v) is 1.95. The van der Waals surface area contributed by atoms with Gasteiger partial charge in [-0.25, -0.2) is 0 Å². The molecule has 2 rings (SSSR count). The standard InChI is InChI=1S/C11H10BN/c1-3-7-12-10(5-1)9-11-6-2-4-8-13-11/h1-8H,9H2. The predicted molar refractivity (Wildman–Crippen MR) is 54.8 cm³/mol. The fourth-order valence-corrected chi connectivity index (χ4v) is 1.31. The summed E-state index contributed by atoms with van der Waals surface area (Å²) in [4.78, 5) is 4.27. The molecule has 2 heterocycles. The number of rotatable bonds is 2. The fourth-order valence-electron chi connectivity index (χ4n) is 1.31. The van der Waals surface area contributed by atoms with Gasteiger partial charge in [-0.15, -0.1) is 0 Å². The van der Waals surface area contributed by atoms with Crippen molar-refractivity contribution in [1.29, 1.82) is 0 Å². The minimum absolute atomic E-state index is 0.918. The predicted octanol–water partition coefficient (Wildman–Crippen LogP) is 2.01. The Morgan fingerprint density at radius 2 is 2.00 bits per heavy atom. The van der Waals surface area contributed by atoms with Gasteiger partial charge in [0, 0.05) is 0 Å². The third-order valence-electron chi connectivity index (χ3n) is 1.95. The van der Waals surface area contributed by atoms with E-state index in [1.165, 1.54) is 5.46 Å². The van der Waals surface area contributed by atoms with E-state index in [4.69, 9.17) is 0 Å². The molecule has 0 aliphatic carbocycles. The molecule has 0 atom stereocenters. The third kappa shape index (κ3) is 2.25. The Labute approximate surface area is 78.7 Å². The van der Waals surface area contributed by atoms with Gasteiger partial charge in [-0.3, -0.25) is 0 Å². The molecule has 0 saturated heterocycles. The molecule has 0 saturated carbocycles. The summed E-state index contributed by atoms with van der Waals surface area (Å²) < 4.78 is 0. The van der Waals surface area contributed by atoms with Crippen LogP contribution in [0.1, 0.15) is 11.2 Å². The zero-order valence-corrected chi connectivity index (χ0v) is 7.35. The zero-order chi connectivity index (χ0) is 8.93. The first-order chi connectivity index (χ1) is 6.45. The van der Waals surface area contributed by atoms with Gasteiger partial charge >= 0.3 is 78.0 Å². The monoisotopic (exact) mass is 167 g/mol. The zero-order valence-electron chi connectivity index (χ0n) is 7.35. The van der Waals surface area contributed by atoms with Crippen LogP contribution in [0.25, 0.3) is 0 Å². The number of pyridine rings is 1. The summed E-state index contributed by atoms with van der Waals surface area (Å²) in [6.45, 7) is 2.12. The Morgan fingerprint density at radius 1 is 1.08 bits per heavy atom. The summed E-state index contributed by atoms with van der Waals surface area (Å²) in [5.41, 5.74) is 2.43. The van der Waals surface area contributed by atoms with Crippen molar-refractivity contribution < 1.29 is 0 Å². The summed E-state index contributed by atoms with van der Waals surface area (Å²) in [7, 11) is 0. The van der Waals surface area contributed by atoms with Crippen molar-refractivity contribution in [2.45, 2.75) is 6.42 Å². The topological polar surface area (TPSA) is 12.9 Å². The van der Waals surface area contributed by atoms with Crippen LogP contribution in [0.15, 0.2) is 48.6 Å². The van der Waals surface area contributed by atoms with E-state index in [9.17, 15) is 0 Å². The van der Waals surface area contributed by atoms with Crippen LogP contribution in [0, 0.1) is 0 Å². The van der Waals surface area contributed by atoms with E-state index in [1.807, 2.05) is 30.5 Å². The van der Waals surface area contributed by atoms with Gasteiger partial charge < -0.3 is 0 Å². The van der Waals surface area contributed by atoms with E-state index in [1.54, 1.807) is 0 Å². The molecule has 2 heteroatoms. The number of hydrogen-bond donors (Lipinski definition) is 0. The molecular formula is C11H10BN. The molecule has 1 nitrogen and oxygen atoms in total. The van der Waals surface area contributed by atoms with Gasteiger partial charge in [-0.05, 0) is 0 Å². The van der Waals surface area contributed by atoms with E-state index in [0.717, 1.165) is 12.1 Å². The average Bonchev–Trinajstić information content (AvgIpc) is 2.21. The van der Waals surface area contributed by atoms with Crippen molar-refractivity contribution >= 4 is 6.91 Å². The van der Waals surface area contributed by atoms with Gasteiger partial charge in [0.25, 0.3) is 0 Å². The number of hydrogen-bond acceptors (Lipinski definition) is 1. The second-order valence-corrected chi connectivity index (χ2v) is 2.98. The Morgan fingerprint density at radius 3 is 2.69 bits per heavy atom. The molecule has 0 aromatic carbocycles. The second kappa shape index (κ2) is 3.99. The van der Waals surface area contributed by atoms with Crippen molar-refractivity contribution in [2.75, 3.05) is 0 Å². The first-order valence-electron chi connectivity index (χ1n) is 4.39. The van der Waals surface area contributed by atoms with E-state index in [2.05, 4.69) is 30.0 Å². The Bertz CT molecular complexity index is 321. The molecule has 0 amide bonds. The van der Waals surface area contributed by atoms with Crippen LogP contribution < -0.4 is 0 Å². The molecule has 0 aliphatic rings. The molecule has 0 unspecified atom stereocenters. The summed E-state index contributed by atoms with van der Waals surface area (Å²) in [5, 5.41) is 0. The Kier molecular flexibility index (Phi) is 2.51. The molecule has 13 heavy (non-hydrogen) atoms. The van der Waals surface area contributed by atoms with Crippen LogP contribution >= 0.6 is 0 Å². The molecule has 0 fully saturated rings. The van der Waals surface area contributed by atoms with Gasteiger partial charge in [-0.1, -0.05) is 0 Å². The van der Waals surface area contributed by atoms with Gasteiger partial charge in [0.2, 0.25) is 0 Å².